The number of hydrogen-bond acceptors (Lipinski definition) is 5. The highest BCUT2D eigenvalue weighted by atomic mass is 32.1. The van der Waals surface area contributed by atoms with Crippen LogP contribution in [0.5, 0.6) is 0 Å². The molecule has 0 amide bonds. The molecule has 1 aromatic heterocycles. The second-order valence-corrected chi connectivity index (χ2v) is 4.33. The SMILES string of the molecule is CC(C)CONCc1csc(C(=O)O)n1. The first-order valence-electron chi connectivity index (χ1n) is 4.62. The first-order chi connectivity index (χ1) is 7.09. The topological polar surface area (TPSA) is 71.5 Å². The van der Waals surface area contributed by atoms with Gasteiger partial charge in [-0.2, -0.15) is 5.48 Å². The molecule has 0 radical (unpaired) electrons. The predicted molar refractivity (Wildman–Crippen MR) is 56.7 cm³/mol. The molecular weight excluding hydrogens is 216 g/mol. The van der Waals surface area contributed by atoms with Crippen molar-refractivity contribution in [1.29, 1.82) is 0 Å². The van der Waals surface area contributed by atoms with Gasteiger partial charge in [0.05, 0.1) is 18.8 Å². The summed E-state index contributed by atoms with van der Waals surface area (Å²) in [4.78, 5) is 19.6. The molecule has 1 heterocycles. The van der Waals surface area contributed by atoms with Gasteiger partial charge in [0, 0.05) is 5.38 Å². The Labute approximate surface area is 92.1 Å². The lowest BCUT2D eigenvalue weighted by Gasteiger charge is -2.05. The molecule has 0 unspecified atom stereocenters. The van der Waals surface area contributed by atoms with Gasteiger partial charge in [-0.15, -0.1) is 11.3 Å². The van der Waals surface area contributed by atoms with E-state index in [1.165, 1.54) is 0 Å². The summed E-state index contributed by atoms with van der Waals surface area (Å²) in [6.45, 7) is 5.15. The van der Waals surface area contributed by atoms with Crippen LogP contribution < -0.4 is 5.48 Å². The third-order valence-corrected chi connectivity index (χ3v) is 2.39. The van der Waals surface area contributed by atoms with E-state index in [-0.39, 0.29) is 5.01 Å². The average Bonchev–Trinajstić information content (AvgIpc) is 2.60. The smallest absolute Gasteiger partial charge is 0.365 e. The van der Waals surface area contributed by atoms with Crippen molar-refractivity contribution in [2.75, 3.05) is 6.61 Å². The highest BCUT2D eigenvalue weighted by Gasteiger charge is 2.08. The molecule has 6 heteroatoms. The average molecular weight is 230 g/mol. The summed E-state index contributed by atoms with van der Waals surface area (Å²) in [6, 6.07) is 0. The van der Waals surface area contributed by atoms with Crippen molar-refractivity contribution in [3.63, 3.8) is 0 Å². The van der Waals surface area contributed by atoms with Gasteiger partial charge in [0.1, 0.15) is 0 Å². The first-order valence-corrected chi connectivity index (χ1v) is 5.50. The van der Waals surface area contributed by atoms with Crippen LogP contribution in [0, 0.1) is 5.92 Å². The Morgan fingerprint density at radius 3 is 3.00 bits per heavy atom. The van der Waals surface area contributed by atoms with E-state index in [0.717, 1.165) is 11.3 Å². The summed E-state index contributed by atoms with van der Waals surface area (Å²) in [5, 5.41) is 10.4. The number of thiazole rings is 1. The summed E-state index contributed by atoms with van der Waals surface area (Å²) in [5.74, 6) is -0.531. The molecular formula is C9H14N2O3S. The Bertz CT molecular complexity index is 325. The van der Waals surface area contributed by atoms with Gasteiger partial charge >= 0.3 is 5.97 Å². The summed E-state index contributed by atoms with van der Waals surface area (Å²) in [6.07, 6.45) is 0. The quantitative estimate of drug-likeness (QED) is 0.572. The molecule has 0 atom stereocenters. The second kappa shape index (κ2) is 5.79. The number of nitrogens with one attached hydrogen (secondary N) is 1. The third kappa shape index (κ3) is 4.37. The van der Waals surface area contributed by atoms with Gasteiger partial charge in [0.15, 0.2) is 0 Å². The molecule has 2 N–H and O–H groups in total. The largest absolute Gasteiger partial charge is 0.476 e. The van der Waals surface area contributed by atoms with Gasteiger partial charge in [-0.3, -0.25) is 0 Å². The van der Waals surface area contributed by atoms with Gasteiger partial charge in [-0.1, -0.05) is 13.8 Å². The third-order valence-electron chi connectivity index (χ3n) is 1.51. The van der Waals surface area contributed by atoms with Crippen molar-refractivity contribution >= 4 is 17.3 Å². The molecule has 0 aliphatic heterocycles. The Hall–Kier alpha value is -0.980. The normalized spacial score (nSPS) is 10.9. The summed E-state index contributed by atoms with van der Waals surface area (Å²) in [7, 11) is 0. The maximum absolute atomic E-state index is 10.5. The highest BCUT2D eigenvalue weighted by Crippen LogP contribution is 2.09. The molecule has 0 fully saturated rings. The Kier molecular flexibility index (Phi) is 4.67. The molecule has 5 nitrogen and oxygen atoms in total. The van der Waals surface area contributed by atoms with E-state index in [2.05, 4.69) is 10.5 Å². The first kappa shape index (κ1) is 12.1. The lowest BCUT2D eigenvalue weighted by molar-refractivity contribution is 0.0191. The fourth-order valence-electron chi connectivity index (χ4n) is 0.837. The number of hydroxylamine groups is 1. The minimum atomic E-state index is -0.991. The lowest BCUT2D eigenvalue weighted by atomic mass is 10.2. The number of hydrogen-bond donors (Lipinski definition) is 2. The summed E-state index contributed by atoms with van der Waals surface area (Å²) >= 11 is 1.12. The fraction of sp³-hybridized carbons (Fsp3) is 0.556. The van der Waals surface area contributed by atoms with E-state index in [4.69, 9.17) is 9.94 Å². The number of carboxylic acid groups (broad SMARTS) is 1. The number of rotatable bonds is 6. The zero-order valence-corrected chi connectivity index (χ0v) is 9.50. The van der Waals surface area contributed by atoms with E-state index in [0.29, 0.717) is 24.8 Å². The van der Waals surface area contributed by atoms with Crippen molar-refractivity contribution in [2.45, 2.75) is 20.4 Å². The monoisotopic (exact) mass is 230 g/mol. The lowest BCUT2D eigenvalue weighted by Crippen LogP contribution is -2.17. The van der Waals surface area contributed by atoms with Crippen LogP contribution in [-0.4, -0.2) is 22.7 Å². The standard InChI is InChI=1S/C9H14N2O3S/c1-6(2)4-14-10-3-7-5-15-8(11-7)9(12)13/h5-6,10H,3-4H2,1-2H3,(H,12,13). The number of aromatic nitrogens is 1. The molecule has 0 aliphatic rings. The Morgan fingerprint density at radius 1 is 1.73 bits per heavy atom. The predicted octanol–water partition coefficient (Wildman–Crippen LogP) is 1.52. The minimum Gasteiger partial charge on any atom is -0.476 e. The minimum absolute atomic E-state index is 0.107. The number of carboxylic acids is 1. The van der Waals surface area contributed by atoms with Gasteiger partial charge < -0.3 is 9.94 Å². The van der Waals surface area contributed by atoms with Gasteiger partial charge in [-0.05, 0) is 5.92 Å². The van der Waals surface area contributed by atoms with Crippen molar-refractivity contribution in [1.82, 2.24) is 10.5 Å². The van der Waals surface area contributed by atoms with Crippen molar-refractivity contribution in [3.05, 3.63) is 16.1 Å². The van der Waals surface area contributed by atoms with Crippen molar-refractivity contribution in [3.8, 4) is 0 Å². The van der Waals surface area contributed by atoms with E-state index in [9.17, 15) is 4.79 Å². The van der Waals surface area contributed by atoms with Crippen LogP contribution in [0.1, 0.15) is 29.3 Å². The fourth-order valence-corrected chi connectivity index (χ4v) is 1.49. The number of nitrogens with zero attached hydrogens (tertiary/aromatic N) is 1. The molecule has 1 rings (SSSR count). The molecule has 1 aromatic rings. The molecule has 0 aliphatic carbocycles. The summed E-state index contributed by atoms with van der Waals surface area (Å²) in [5.41, 5.74) is 3.42. The molecule has 84 valence electrons. The molecule has 0 bridgehead atoms. The Morgan fingerprint density at radius 2 is 2.47 bits per heavy atom. The molecule has 0 saturated heterocycles. The van der Waals surface area contributed by atoms with Gasteiger partial charge in [-0.25, -0.2) is 9.78 Å². The van der Waals surface area contributed by atoms with Crippen LogP contribution in [0.15, 0.2) is 5.38 Å². The van der Waals surface area contributed by atoms with Crippen LogP contribution in [0.4, 0.5) is 0 Å². The maximum atomic E-state index is 10.5. The zero-order valence-electron chi connectivity index (χ0n) is 8.69. The van der Waals surface area contributed by atoms with Crippen LogP contribution >= 0.6 is 11.3 Å². The van der Waals surface area contributed by atoms with E-state index >= 15 is 0 Å². The molecule has 0 aromatic carbocycles. The summed E-state index contributed by atoms with van der Waals surface area (Å²) < 4.78 is 0. The van der Waals surface area contributed by atoms with E-state index < -0.39 is 5.97 Å². The van der Waals surface area contributed by atoms with Crippen molar-refractivity contribution in [2.24, 2.45) is 5.92 Å². The van der Waals surface area contributed by atoms with Crippen LogP contribution in [-0.2, 0) is 11.4 Å². The maximum Gasteiger partial charge on any atom is 0.365 e. The van der Waals surface area contributed by atoms with E-state index in [1.54, 1.807) is 5.38 Å². The van der Waals surface area contributed by atoms with Crippen LogP contribution in [0.3, 0.4) is 0 Å². The zero-order chi connectivity index (χ0) is 11.3. The molecule has 0 saturated carbocycles. The number of aromatic carboxylic acids is 1. The number of carbonyl (C=O) groups is 1. The Balaban J connectivity index is 2.29. The van der Waals surface area contributed by atoms with Crippen LogP contribution in [0.25, 0.3) is 0 Å². The van der Waals surface area contributed by atoms with Crippen molar-refractivity contribution < 1.29 is 14.7 Å². The van der Waals surface area contributed by atoms with Gasteiger partial charge in [0.25, 0.3) is 0 Å². The van der Waals surface area contributed by atoms with E-state index in [1.807, 2.05) is 13.8 Å². The van der Waals surface area contributed by atoms with Crippen LogP contribution in [0.2, 0.25) is 0 Å². The second-order valence-electron chi connectivity index (χ2n) is 3.48. The molecule has 15 heavy (non-hydrogen) atoms. The van der Waals surface area contributed by atoms with Gasteiger partial charge in [0.2, 0.25) is 5.01 Å². The molecule has 0 spiro atoms. The highest BCUT2D eigenvalue weighted by molar-refractivity contribution is 7.11.